The van der Waals surface area contributed by atoms with E-state index < -0.39 is 0 Å². The molecule has 0 aliphatic heterocycles. The summed E-state index contributed by atoms with van der Waals surface area (Å²) in [6, 6.07) is 0. The van der Waals surface area contributed by atoms with E-state index in [4.69, 9.17) is 0 Å². The molecule has 0 unspecified atom stereocenters. The van der Waals surface area contributed by atoms with Gasteiger partial charge in [-0.25, -0.2) is 4.98 Å². The molecular weight excluding hydrogens is 315 g/mol. The quantitative estimate of drug-likeness (QED) is 0.488. The third-order valence-electron chi connectivity index (χ3n) is 1.57. The first-order chi connectivity index (χ1) is 6.50. The van der Waals surface area contributed by atoms with Crippen molar-refractivity contribution in [2.75, 3.05) is 0 Å². The number of nitro groups is 1. The van der Waals surface area contributed by atoms with Crippen LogP contribution in [0.1, 0.15) is 18.9 Å². The van der Waals surface area contributed by atoms with Gasteiger partial charge < -0.3 is 0 Å². The number of hydrogen-bond acceptors (Lipinski definition) is 4. The Balaban J connectivity index is 2.99. The van der Waals surface area contributed by atoms with Crippen molar-refractivity contribution < 1.29 is 4.92 Å². The molecule has 0 bridgehead atoms. The molecule has 0 radical (unpaired) electrons. The summed E-state index contributed by atoms with van der Waals surface area (Å²) < 4.78 is 1.03. The molecule has 4 nitrogen and oxygen atoms in total. The fourth-order valence-electron chi connectivity index (χ4n) is 0.890. The average molecular weight is 324 g/mol. The fraction of sp³-hybridized carbons (Fsp3) is 0.375. The summed E-state index contributed by atoms with van der Waals surface area (Å²) >= 11 is 3.58. The van der Waals surface area contributed by atoms with Gasteiger partial charge >= 0.3 is 0 Å². The van der Waals surface area contributed by atoms with Gasteiger partial charge in [-0.3, -0.25) is 10.1 Å². The Morgan fingerprint density at radius 3 is 2.79 bits per heavy atom. The van der Waals surface area contributed by atoms with Crippen molar-refractivity contribution in [3.8, 4) is 0 Å². The number of hydrogen-bond donors (Lipinski definition) is 0. The molecule has 1 rings (SSSR count). The van der Waals surface area contributed by atoms with Gasteiger partial charge in [0.25, 0.3) is 5.70 Å². The van der Waals surface area contributed by atoms with E-state index >= 15 is 0 Å². The minimum Gasteiger partial charge on any atom is -0.259 e. The van der Waals surface area contributed by atoms with Crippen LogP contribution >= 0.6 is 33.9 Å². The fourth-order valence-corrected chi connectivity index (χ4v) is 2.30. The van der Waals surface area contributed by atoms with Crippen molar-refractivity contribution in [3.05, 3.63) is 29.9 Å². The zero-order valence-corrected chi connectivity index (χ0v) is 10.7. The summed E-state index contributed by atoms with van der Waals surface area (Å²) in [6.07, 6.45) is 3.24. The van der Waals surface area contributed by atoms with E-state index in [2.05, 4.69) is 27.6 Å². The van der Waals surface area contributed by atoms with Gasteiger partial charge in [0.1, 0.15) is 5.01 Å². The van der Waals surface area contributed by atoms with Gasteiger partial charge in [-0.1, -0.05) is 13.8 Å². The standard InChI is InChI=1S/C8H9IN2O2S/c1-5(2)6(11(12)13)3-8-10-4-7(9)14-8/h3-5H,1-2H3/b6-3-. The molecule has 0 aromatic carbocycles. The van der Waals surface area contributed by atoms with Gasteiger partial charge in [0.2, 0.25) is 0 Å². The van der Waals surface area contributed by atoms with Crippen molar-refractivity contribution in [3.63, 3.8) is 0 Å². The molecule has 0 fully saturated rings. The van der Waals surface area contributed by atoms with Gasteiger partial charge in [0.05, 0.1) is 14.0 Å². The lowest BCUT2D eigenvalue weighted by Crippen LogP contribution is -2.05. The number of halogens is 1. The molecular formula is C8H9IN2O2S. The van der Waals surface area contributed by atoms with Crippen molar-refractivity contribution >= 4 is 40.0 Å². The van der Waals surface area contributed by atoms with E-state index in [0.717, 1.165) is 2.88 Å². The largest absolute Gasteiger partial charge is 0.259 e. The Morgan fingerprint density at radius 2 is 2.43 bits per heavy atom. The highest BCUT2D eigenvalue weighted by molar-refractivity contribution is 14.1. The highest BCUT2D eigenvalue weighted by atomic mass is 127. The van der Waals surface area contributed by atoms with Gasteiger partial charge in [0, 0.05) is 12.0 Å². The van der Waals surface area contributed by atoms with Gasteiger partial charge in [-0.05, 0) is 22.6 Å². The van der Waals surface area contributed by atoms with Crippen LogP contribution in [0.4, 0.5) is 0 Å². The molecule has 0 aliphatic rings. The first kappa shape index (κ1) is 11.6. The number of rotatable bonds is 3. The van der Waals surface area contributed by atoms with Gasteiger partial charge in [-0.2, -0.15) is 0 Å². The lowest BCUT2D eigenvalue weighted by atomic mass is 10.1. The maximum absolute atomic E-state index is 10.7. The third kappa shape index (κ3) is 3.02. The molecule has 0 spiro atoms. The summed E-state index contributed by atoms with van der Waals surface area (Å²) in [5, 5.41) is 11.4. The molecule has 0 N–H and O–H groups in total. The predicted molar refractivity (Wildman–Crippen MR) is 64.6 cm³/mol. The molecule has 76 valence electrons. The van der Waals surface area contributed by atoms with E-state index in [1.54, 1.807) is 20.0 Å². The van der Waals surface area contributed by atoms with Gasteiger partial charge in [-0.15, -0.1) is 11.3 Å². The number of aromatic nitrogens is 1. The van der Waals surface area contributed by atoms with E-state index in [9.17, 15) is 10.1 Å². The van der Waals surface area contributed by atoms with Crippen LogP contribution in [0, 0.1) is 18.9 Å². The van der Waals surface area contributed by atoms with Crippen LogP contribution in [0.25, 0.3) is 6.08 Å². The van der Waals surface area contributed by atoms with Crippen LogP contribution < -0.4 is 0 Å². The summed E-state index contributed by atoms with van der Waals surface area (Å²) in [6.45, 7) is 3.60. The monoisotopic (exact) mass is 324 g/mol. The highest BCUT2D eigenvalue weighted by Gasteiger charge is 2.16. The smallest absolute Gasteiger partial charge is 0.251 e. The van der Waals surface area contributed by atoms with E-state index in [1.807, 2.05) is 0 Å². The second kappa shape index (κ2) is 4.83. The van der Waals surface area contributed by atoms with Crippen molar-refractivity contribution in [1.29, 1.82) is 0 Å². The summed E-state index contributed by atoms with van der Waals surface area (Å²) in [4.78, 5) is 14.4. The second-order valence-electron chi connectivity index (χ2n) is 2.98. The molecule has 6 heteroatoms. The minimum atomic E-state index is -0.348. The lowest BCUT2D eigenvalue weighted by molar-refractivity contribution is -0.431. The maximum atomic E-state index is 10.7. The Bertz CT molecular complexity index is 373. The van der Waals surface area contributed by atoms with E-state index in [-0.39, 0.29) is 16.5 Å². The molecule has 1 heterocycles. The number of allylic oxidation sites excluding steroid dienone is 1. The van der Waals surface area contributed by atoms with Crippen LogP contribution in [0.2, 0.25) is 0 Å². The SMILES string of the molecule is CC(C)/C(=C/c1ncc(I)s1)[N+](=O)[O-]. The molecule has 0 saturated heterocycles. The molecule has 0 saturated carbocycles. The summed E-state index contributed by atoms with van der Waals surface area (Å²) in [5.74, 6) is -0.0911. The maximum Gasteiger partial charge on any atom is 0.251 e. The minimum absolute atomic E-state index is 0.0911. The Labute approximate surface area is 99.3 Å². The molecule has 0 amide bonds. The normalized spacial score (nSPS) is 12.1. The highest BCUT2D eigenvalue weighted by Crippen LogP contribution is 2.20. The Morgan fingerprint density at radius 1 is 1.79 bits per heavy atom. The molecule has 14 heavy (non-hydrogen) atoms. The second-order valence-corrected chi connectivity index (χ2v) is 5.94. The molecule has 0 atom stereocenters. The van der Waals surface area contributed by atoms with E-state index in [1.165, 1.54) is 17.4 Å². The molecule has 1 aromatic heterocycles. The Hall–Kier alpha value is -0.500. The number of thiazole rings is 1. The van der Waals surface area contributed by atoms with Crippen LogP contribution in [-0.2, 0) is 0 Å². The van der Waals surface area contributed by atoms with Crippen LogP contribution in [0.15, 0.2) is 11.9 Å². The Kier molecular flexibility index (Phi) is 3.99. The van der Waals surface area contributed by atoms with Gasteiger partial charge in [0.15, 0.2) is 0 Å². The zero-order chi connectivity index (χ0) is 10.7. The first-order valence-corrected chi connectivity index (χ1v) is 5.87. The van der Waals surface area contributed by atoms with Crippen molar-refractivity contribution in [1.82, 2.24) is 4.98 Å². The topological polar surface area (TPSA) is 56.0 Å². The summed E-state index contributed by atoms with van der Waals surface area (Å²) in [5.41, 5.74) is 0.204. The predicted octanol–water partition coefficient (Wildman–Crippen LogP) is 3.02. The van der Waals surface area contributed by atoms with E-state index in [0.29, 0.717) is 5.01 Å². The third-order valence-corrected chi connectivity index (χ3v) is 3.24. The van der Waals surface area contributed by atoms with Crippen molar-refractivity contribution in [2.24, 2.45) is 5.92 Å². The van der Waals surface area contributed by atoms with Crippen molar-refractivity contribution in [2.45, 2.75) is 13.8 Å². The first-order valence-electron chi connectivity index (χ1n) is 3.98. The average Bonchev–Trinajstić information content (AvgIpc) is 2.46. The molecule has 1 aromatic rings. The zero-order valence-electron chi connectivity index (χ0n) is 7.73. The van der Waals surface area contributed by atoms with Crippen LogP contribution in [-0.4, -0.2) is 9.91 Å². The van der Waals surface area contributed by atoms with Crippen LogP contribution in [0.3, 0.4) is 0 Å². The van der Waals surface area contributed by atoms with Crippen LogP contribution in [0.5, 0.6) is 0 Å². The number of nitrogens with zero attached hydrogens (tertiary/aromatic N) is 2. The summed E-state index contributed by atoms with van der Waals surface area (Å²) in [7, 11) is 0. The molecule has 0 aliphatic carbocycles. The lowest BCUT2D eigenvalue weighted by Gasteiger charge is -1.99.